The standard InChI is InChI=1S/C45H45ClN6O5S3.2ClH/c46-36-13-10-32(11-14-36)41-9-5-4-6-34(41)29-50-20-21-51-38(30-50)27-35-26-33(12-17-43(35)51)45(53)48-60(56,57)40-15-16-42(44(28-40)52(54)55)47-37(18-19-49-22-24-58-25-23-49)31-59-39-7-2-1-3-8-39;;/h1-17,26-28,37,47H,18-25,29-31H2,(H,48,53);2*1H. The molecule has 62 heavy (non-hydrogen) atoms. The smallest absolute Gasteiger partial charge is 0.293 e. The average Bonchev–Trinajstić information content (AvgIpc) is 3.63. The van der Waals surface area contributed by atoms with E-state index in [0.29, 0.717) is 17.3 Å². The molecule has 0 aliphatic carbocycles. The van der Waals surface area contributed by atoms with Crippen LogP contribution < -0.4 is 10.0 Å². The predicted molar refractivity (Wildman–Crippen MR) is 258 cm³/mol. The van der Waals surface area contributed by atoms with Gasteiger partial charge in [0.1, 0.15) is 5.69 Å². The molecule has 1 unspecified atom stereocenters. The van der Waals surface area contributed by atoms with E-state index >= 15 is 0 Å². The molecular weight excluding hydrogens is 907 g/mol. The van der Waals surface area contributed by atoms with Crippen LogP contribution in [0.5, 0.6) is 0 Å². The number of benzene rings is 5. The lowest BCUT2D eigenvalue weighted by Gasteiger charge is -2.29. The Morgan fingerprint density at radius 2 is 1.60 bits per heavy atom. The minimum atomic E-state index is -4.46. The minimum Gasteiger partial charge on any atom is -0.376 e. The molecule has 1 atom stereocenters. The van der Waals surface area contributed by atoms with Gasteiger partial charge in [0.25, 0.3) is 21.6 Å². The molecular formula is C45H47Cl3N6O5S3. The molecule has 0 radical (unpaired) electrons. The quantitative estimate of drug-likeness (QED) is 0.0583. The SMILES string of the molecule is Cl.Cl.O=C(NS(=O)(=O)c1ccc(NC(CCN2CCSCC2)CSc2ccccc2)c([N+](=O)[O-])c1)c1ccc2c(c1)cc1n2CCN(Cc2ccccc2-c2ccc(Cl)cc2)C1. The number of aromatic nitrogens is 1. The number of carbonyl (C=O) groups is 1. The third kappa shape index (κ3) is 11.5. The third-order valence-electron chi connectivity index (χ3n) is 11.0. The summed E-state index contributed by atoms with van der Waals surface area (Å²) in [6.07, 6.45) is 0.755. The number of nitro groups is 1. The highest BCUT2D eigenvalue weighted by molar-refractivity contribution is 7.99. The van der Waals surface area contributed by atoms with Crippen LogP contribution in [0.1, 0.15) is 28.0 Å². The summed E-state index contributed by atoms with van der Waals surface area (Å²) in [6, 6.07) is 37.0. The van der Waals surface area contributed by atoms with E-state index in [0.717, 1.165) is 95.9 Å². The fourth-order valence-electron chi connectivity index (χ4n) is 7.84. The first-order valence-corrected chi connectivity index (χ1v) is 23.9. The minimum absolute atomic E-state index is 0. The largest absolute Gasteiger partial charge is 0.376 e. The second kappa shape index (κ2) is 21.4. The van der Waals surface area contributed by atoms with Gasteiger partial charge >= 0.3 is 0 Å². The van der Waals surface area contributed by atoms with Crippen molar-refractivity contribution in [1.29, 1.82) is 0 Å². The van der Waals surface area contributed by atoms with Crippen molar-refractivity contribution in [3.05, 3.63) is 153 Å². The van der Waals surface area contributed by atoms with Crippen molar-refractivity contribution >= 4 is 98.1 Å². The third-order valence-corrected chi connectivity index (χ3v) is 14.7. The maximum absolute atomic E-state index is 13.6. The summed E-state index contributed by atoms with van der Waals surface area (Å²) in [5.41, 5.74) is 5.55. The number of nitrogens with zero attached hydrogens (tertiary/aromatic N) is 4. The Balaban J connectivity index is 0.00000321. The highest BCUT2D eigenvalue weighted by Crippen LogP contribution is 2.32. The van der Waals surface area contributed by atoms with Gasteiger partial charge in [0.2, 0.25) is 0 Å². The fourth-order valence-corrected chi connectivity index (χ4v) is 10.9. The summed E-state index contributed by atoms with van der Waals surface area (Å²) in [5.74, 6) is 2.01. The second-order valence-corrected chi connectivity index (χ2v) is 19.5. The molecule has 1 saturated heterocycles. The van der Waals surface area contributed by atoms with Crippen molar-refractivity contribution in [2.45, 2.75) is 41.9 Å². The Morgan fingerprint density at radius 1 is 0.855 bits per heavy atom. The molecule has 2 aliphatic rings. The molecule has 8 rings (SSSR count). The van der Waals surface area contributed by atoms with Gasteiger partial charge in [-0.15, -0.1) is 36.6 Å². The molecule has 5 aromatic carbocycles. The lowest BCUT2D eigenvalue weighted by Crippen LogP contribution is -2.36. The van der Waals surface area contributed by atoms with Crippen LogP contribution in [0, 0.1) is 10.1 Å². The summed E-state index contributed by atoms with van der Waals surface area (Å²) in [6.45, 7) is 5.90. The van der Waals surface area contributed by atoms with E-state index in [1.165, 1.54) is 17.7 Å². The van der Waals surface area contributed by atoms with Crippen LogP contribution in [0.15, 0.2) is 131 Å². The van der Waals surface area contributed by atoms with Gasteiger partial charge in [-0.3, -0.25) is 19.8 Å². The van der Waals surface area contributed by atoms with Gasteiger partial charge in [-0.05, 0) is 83.8 Å². The van der Waals surface area contributed by atoms with Crippen LogP contribution in [-0.2, 0) is 29.7 Å². The molecule has 2 aliphatic heterocycles. The summed E-state index contributed by atoms with van der Waals surface area (Å²) < 4.78 is 31.6. The van der Waals surface area contributed by atoms with E-state index in [1.807, 2.05) is 84.6 Å². The number of thioether (sulfide) groups is 2. The van der Waals surface area contributed by atoms with E-state index in [1.54, 1.807) is 23.9 Å². The average molecular weight is 954 g/mol. The first-order valence-electron chi connectivity index (χ1n) is 19.9. The summed E-state index contributed by atoms with van der Waals surface area (Å²) in [7, 11) is -4.46. The van der Waals surface area contributed by atoms with Crippen LogP contribution in [0.3, 0.4) is 0 Å². The van der Waals surface area contributed by atoms with Gasteiger partial charge in [0, 0.05) is 107 Å². The van der Waals surface area contributed by atoms with Crippen molar-refractivity contribution in [2.24, 2.45) is 0 Å². The number of hydrogen-bond donors (Lipinski definition) is 2. The number of rotatable bonds is 15. The van der Waals surface area contributed by atoms with Gasteiger partial charge in [0.15, 0.2) is 0 Å². The van der Waals surface area contributed by atoms with Crippen molar-refractivity contribution in [3.63, 3.8) is 0 Å². The topological polar surface area (TPSA) is 130 Å². The Labute approximate surface area is 388 Å². The summed E-state index contributed by atoms with van der Waals surface area (Å²) in [5, 5.41) is 17.3. The number of amides is 1. The number of hydrogen-bond acceptors (Lipinski definition) is 10. The lowest BCUT2D eigenvalue weighted by molar-refractivity contribution is -0.384. The van der Waals surface area contributed by atoms with Crippen molar-refractivity contribution in [3.8, 4) is 11.1 Å². The zero-order chi connectivity index (χ0) is 41.6. The molecule has 11 nitrogen and oxygen atoms in total. The lowest BCUT2D eigenvalue weighted by atomic mass is 9.99. The predicted octanol–water partition coefficient (Wildman–Crippen LogP) is 9.86. The highest BCUT2D eigenvalue weighted by Gasteiger charge is 2.27. The monoisotopic (exact) mass is 952 g/mol. The zero-order valence-electron chi connectivity index (χ0n) is 33.7. The summed E-state index contributed by atoms with van der Waals surface area (Å²) >= 11 is 9.76. The van der Waals surface area contributed by atoms with E-state index in [4.69, 9.17) is 11.6 Å². The summed E-state index contributed by atoms with van der Waals surface area (Å²) in [4.78, 5) is 30.8. The molecule has 17 heteroatoms. The molecule has 1 amide bonds. The molecule has 3 heterocycles. The number of nitrogens with one attached hydrogen (secondary N) is 2. The maximum atomic E-state index is 13.6. The molecule has 1 aromatic heterocycles. The van der Waals surface area contributed by atoms with Crippen LogP contribution in [0.2, 0.25) is 5.02 Å². The van der Waals surface area contributed by atoms with E-state index in [2.05, 4.69) is 42.6 Å². The van der Waals surface area contributed by atoms with Crippen molar-refractivity contribution in [2.75, 3.05) is 48.8 Å². The Bertz CT molecular complexity index is 2610. The second-order valence-electron chi connectivity index (χ2n) is 15.0. The molecule has 2 N–H and O–H groups in total. The van der Waals surface area contributed by atoms with Gasteiger partial charge in [-0.25, -0.2) is 13.1 Å². The number of halogens is 3. The highest BCUT2D eigenvalue weighted by atomic mass is 35.5. The number of carbonyl (C=O) groups excluding carboxylic acids is 1. The van der Waals surface area contributed by atoms with Crippen molar-refractivity contribution in [1.82, 2.24) is 19.1 Å². The number of sulfonamides is 1. The van der Waals surface area contributed by atoms with E-state index in [9.17, 15) is 23.3 Å². The van der Waals surface area contributed by atoms with Gasteiger partial charge in [0.05, 0.1) is 9.82 Å². The Morgan fingerprint density at radius 3 is 2.35 bits per heavy atom. The molecule has 0 spiro atoms. The molecule has 6 aromatic rings. The van der Waals surface area contributed by atoms with Gasteiger partial charge in [-0.2, -0.15) is 11.8 Å². The molecule has 1 fully saturated rings. The first kappa shape index (κ1) is 47.2. The number of fused-ring (bicyclic) bond motifs is 3. The number of nitro benzene ring substituents is 1. The van der Waals surface area contributed by atoms with E-state index in [-0.39, 0.29) is 52.7 Å². The molecule has 0 saturated carbocycles. The first-order chi connectivity index (χ1) is 29.1. The Kier molecular flexibility index (Phi) is 16.3. The fraction of sp³-hybridized carbons (Fsp3) is 0.267. The number of anilines is 1. The van der Waals surface area contributed by atoms with Gasteiger partial charge in [-0.1, -0.05) is 66.2 Å². The Hall–Kier alpha value is -4.25. The normalized spacial score (nSPS) is 14.9. The van der Waals surface area contributed by atoms with Gasteiger partial charge < -0.3 is 14.8 Å². The van der Waals surface area contributed by atoms with E-state index < -0.39 is 20.9 Å². The van der Waals surface area contributed by atoms with Crippen LogP contribution in [0.25, 0.3) is 22.0 Å². The molecule has 326 valence electrons. The van der Waals surface area contributed by atoms with Crippen LogP contribution in [0.4, 0.5) is 11.4 Å². The zero-order valence-corrected chi connectivity index (χ0v) is 38.5. The maximum Gasteiger partial charge on any atom is 0.293 e. The van der Waals surface area contributed by atoms with Crippen LogP contribution >= 0.6 is 59.9 Å². The molecule has 0 bridgehead atoms. The van der Waals surface area contributed by atoms with Crippen LogP contribution in [-0.4, -0.2) is 83.1 Å². The van der Waals surface area contributed by atoms with Crippen molar-refractivity contribution < 1.29 is 18.1 Å².